The number of anilines is 1. The number of hydrogen-bond donors (Lipinski definition) is 2. The lowest BCUT2D eigenvalue weighted by molar-refractivity contribution is 0.0881. The lowest BCUT2D eigenvalue weighted by Gasteiger charge is -2.46. The Morgan fingerprint density at radius 3 is 2.58 bits per heavy atom. The van der Waals surface area contributed by atoms with Gasteiger partial charge in [-0.05, 0) is 60.3 Å². The molecule has 3 aromatic rings. The van der Waals surface area contributed by atoms with E-state index in [4.69, 9.17) is 15.7 Å². The molecule has 1 fully saturated rings. The summed E-state index contributed by atoms with van der Waals surface area (Å²) in [4.78, 5) is 12.5. The van der Waals surface area contributed by atoms with E-state index in [1.807, 2.05) is 6.33 Å². The summed E-state index contributed by atoms with van der Waals surface area (Å²) >= 11 is 0. The van der Waals surface area contributed by atoms with Crippen molar-refractivity contribution in [3.8, 4) is 0 Å². The first-order chi connectivity index (χ1) is 17.1. The number of hydrogen-bond acceptors (Lipinski definition) is 5. The van der Waals surface area contributed by atoms with Crippen molar-refractivity contribution in [2.45, 2.75) is 70.0 Å². The minimum absolute atomic E-state index is 0. The van der Waals surface area contributed by atoms with Crippen LogP contribution in [-0.4, -0.2) is 28.0 Å². The highest BCUT2D eigenvalue weighted by molar-refractivity contribution is 5.86. The van der Waals surface area contributed by atoms with E-state index in [1.165, 1.54) is 45.7 Å². The van der Waals surface area contributed by atoms with E-state index in [9.17, 15) is 0 Å². The summed E-state index contributed by atoms with van der Waals surface area (Å²) in [6, 6.07) is 17.8. The normalized spacial score (nSPS) is 23.6. The molecule has 3 atom stereocenters. The van der Waals surface area contributed by atoms with Gasteiger partial charge in [-0.25, -0.2) is 9.97 Å². The molecule has 38 heavy (non-hydrogen) atoms. The molecule has 0 saturated carbocycles. The van der Waals surface area contributed by atoms with Gasteiger partial charge in [0.15, 0.2) is 0 Å². The minimum Gasteiger partial charge on any atom is -0.384 e. The Morgan fingerprint density at radius 2 is 1.84 bits per heavy atom. The third-order valence-corrected chi connectivity index (χ3v) is 8.83. The number of aryl methyl sites for hydroxylation is 1. The van der Waals surface area contributed by atoms with Crippen molar-refractivity contribution in [1.29, 1.82) is 0 Å². The molecule has 1 aliphatic carbocycles. The molecular weight excluding hydrogens is 537 g/mol. The number of nitrogens with one attached hydrogen (secondary N) is 1. The fraction of sp³-hybridized carbons (Fsp3) is 0.467. The Kier molecular flexibility index (Phi) is 10.1. The standard InChI is InChI=1S/C30H37N5.3ClH/c1-20(2)23-11-12-24-27(23)29(34-19-33-24)26-15-30(13-14-35(26)17-21-7-4-3-5-8-21)18-32-25-10-6-9-22(16-31)28(25)30;;;/h3-10,19-20,23,26,32H,11-18,31H2,1-2H3;3*1H. The van der Waals surface area contributed by atoms with Crippen molar-refractivity contribution in [3.05, 3.63) is 88.5 Å². The average Bonchev–Trinajstić information content (AvgIpc) is 3.48. The molecule has 1 spiro atoms. The topological polar surface area (TPSA) is 67.1 Å². The molecule has 5 nitrogen and oxygen atoms in total. The maximum atomic E-state index is 6.25. The molecule has 1 aromatic heterocycles. The molecule has 0 radical (unpaired) electrons. The molecule has 0 bridgehead atoms. The maximum absolute atomic E-state index is 6.25. The second kappa shape index (κ2) is 12.5. The van der Waals surface area contributed by atoms with Gasteiger partial charge in [-0.15, -0.1) is 37.2 Å². The van der Waals surface area contributed by atoms with Crippen LogP contribution in [0.4, 0.5) is 5.69 Å². The van der Waals surface area contributed by atoms with Crippen molar-refractivity contribution in [2.24, 2.45) is 11.7 Å². The number of aromatic nitrogens is 2. The van der Waals surface area contributed by atoms with Crippen LogP contribution in [0.5, 0.6) is 0 Å². The maximum Gasteiger partial charge on any atom is 0.116 e. The number of nitrogens with zero attached hydrogens (tertiary/aromatic N) is 3. The van der Waals surface area contributed by atoms with Crippen LogP contribution < -0.4 is 11.1 Å². The van der Waals surface area contributed by atoms with E-state index >= 15 is 0 Å². The van der Waals surface area contributed by atoms with Gasteiger partial charge in [-0.3, -0.25) is 4.90 Å². The molecule has 2 aliphatic heterocycles. The Bertz CT molecular complexity index is 1220. The molecule has 3 heterocycles. The van der Waals surface area contributed by atoms with Crippen LogP contribution in [0.3, 0.4) is 0 Å². The van der Waals surface area contributed by atoms with Gasteiger partial charge < -0.3 is 11.1 Å². The number of rotatable bonds is 5. The molecule has 0 amide bonds. The van der Waals surface area contributed by atoms with E-state index in [2.05, 4.69) is 72.6 Å². The van der Waals surface area contributed by atoms with Gasteiger partial charge in [-0.2, -0.15) is 0 Å². The van der Waals surface area contributed by atoms with Gasteiger partial charge >= 0.3 is 0 Å². The Labute approximate surface area is 245 Å². The summed E-state index contributed by atoms with van der Waals surface area (Å²) in [6.07, 6.45) is 6.28. The van der Waals surface area contributed by atoms with Gasteiger partial charge in [0.2, 0.25) is 0 Å². The molecule has 1 saturated heterocycles. The van der Waals surface area contributed by atoms with Crippen LogP contribution >= 0.6 is 37.2 Å². The van der Waals surface area contributed by atoms with Crippen LogP contribution in [0.2, 0.25) is 0 Å². The van der Waals surface area contributed by atoms with E-state index in [0.29, 0.717) is 18.4 Å². The first-order valence-corrected chi connectivity index (χ1v) is 13.3. The fourth-order valence-electron chi connectivity index (χ4n) is 7.10. The first-order valence-electron chi connectivity index (χ1n) is 13.3. The van der Waals surface area contributed by atoms with Gasteiger partial charge in [-0.1, -0.05) is 56.3 Å². The predicted molar refractivity (Wildman–Crippen MR) is 163 cm³/mol. The summed E-state index contributed by atoms with van der Waals surface area (Å²) in [5, 5.41) is 3.74. The van der Waals surface area contributed by atoms with Crippen molar-refractivity contribution in [3.63, 3.8) is 0 Å². The summed E-state index contributed by atoms with van der Waals surface area (Å²) in [5.41, 5.74) is 15.7. The number of piperidine rings is 1. The third kappa shape index (κ3) is 5.29. The average molecular weight is 577 g/mol. The zero-order valence-corrected chi connectivity index (χ0v) is 24.7. The second-order valence-corrected chi connectivity index (χ2v) is 11.1. The third-order valence-electron chi connectivity index (χ3n) is 8.83. The van der Waals surface area contributed by atoms with Crippen LogP contribution in [0.25, 0.3) is 0 Å². The molecule has 3 N–H and O–H groups in total. The zero-order chi connectivity index (χ0) is 24.0. The summed E-state index contributed by atoms with van der Waals surface area (Å²) in [5.74, 6) is 1.14. The number of likely N-dealkylation sites (tertiary alicyclic amines) is 1. The van der Waals surface area contributed by atoms with Crippen LogP contribution in [0.1, 0.15) is 78.7 Å². The van der Waals surface area contributed by atoms with Crippen molar-refractivity contribution < 1.29 is 0 Å². The van der Waals surface area contributed by atoms with Crippen molar-refractivity contribution in [2.75, 3.05) is 18.4 Å². The number of nitrogens with two attached hydrogens (primary N) is 1. The number of benzene rings is 2. The fourth-order valence-corrected chi connectivity index (χ4v) is 7.10. The van der Waals surface area contributed by atoms with Crippen molar-refractivity contribution >= 4 is 42.9 Å². The quantitative estimate of drug-likeness (QED) is 0.359. The van der Waals surface area contributed by atoms with E-state index in [1.54, 1.807) is 0 Å². The number of fused-ring (bicyclic) bond motifs is 3. The molecule has 6 rings (SSSR count). The lowest BCUT2D eigenvalue weighted by atomic mass is 9.69. The van der Waals surface area contributed by atoms with E-state index in [-0.39, 0.29) is 48.7 Å². The van der Waals surface area contributed by atoms with Gasteiger partial charge in [0.25, 0.3) is 0 Å². The highest BCUT2D eigenvalue weighted by Gasteiger charge is 2.48. The second-order valence-electron chi connectivity index (χ2n) is 11.1. The van der Waals surface area contributed by atoms with Gasteiger partial charge in [0.1, 0.15) is 6.33 Å². The van der Waals surface area contributed by atoms with E-state index in [0.717, 1.165) is 38.9 Å². The molecular formula is C30H40Cl3N5. The Hall–Kier alpha value is -1.89. The largest absolute Gasteiger partial charge is 0.384 e. The SMILES string of the molecule is CC(C)C1CCc2ncnc(C3CC4(CCN3Cc3ccccc3)CNc3cccc(CN)c34)c21.Cl.Cl.Cl. The molecule has 3 unspecified atom stereocenters. The Balaban J connectivity index is 0.00000133. The molecule has 3 aliphatic rings. The number of halogens is 3. The molecule has 206 valence electrons. The summed E-state index contributed by atoms with van der Waals surface area (Å²) < 4.78 is 0. The zero-order valence-electron chi connectivity index (χ0n) is 22.2. The van der Waals surface area contributed by atoms with Crippen LogP contribution in [0.15, 0.2) is 54.9 Å². The predicted octanol–water partition coefficient (Wildman–Crippen LogP) is 6.59. The highest BCUT2D eigenvalue weighted by Crippen LogP contribution is 2.52. The lowest BCUT2D eigenvalue weighted by Crippen LogP contribution is -2.46. The van der Waals surface area contributed by atoms with Gasteiger partial charge in [0, 0.05) is 48.5 Å². The Morgan fingerprint density at radius 1 is 1.05 bits per heavy atom. The first kappa shape index (κ1) is 30.6. The summed E-state index contributed by atoms with van der Waals surface area (Å²) in [6.45, 7) is 8.27. The highest BCUT2D eigenvalue weighted by atomic mass is 35.5. The molecule has 8 heteroatoms. The monoisotopic (exact) mass is 575 g/mol. The van der Waals surface area contributed by atoms with Crippen LogP contribution in [-0.2, 0) is 24.9 Å². The minimum atomic E-state index is 0. The van der Waals surface area contributed by atoms with Crippen molar-refractivity contribution in [1.82, 2.24) is 14.9 Å². The smallest absolute Gasteiger partial charge is 0.116 e. The van der Waals surface area contributed by atoms with Gasteiger partial charge in [0.05, 0.1) is 11.7 Å². The van der Waals surface area contributed by atoms with E-state index < -0.39 is 0 Å². The van der Waals surface area contributed by atoms with Crippen LogP contribution in [0, 0.1) is 5.92 Å². The summed E-state index contributed by atoms with van der Waals surface area (Å²) in [7, 11) is 0. The molecule has 2 aromatic carbocycles.